The van der Waals surface area contributed by atoms with Crippen LogP contribution in [0.2, 0.25) is 0 Å². The Kier molecular flexibility index (Phi) is 7.34. The molecule has 1 N–H and O–H groups in total. The highest BCUT2D eigenvalue weighted by Gasteiger charge is 1.99. The molecule has 0 saturated heterocycles. The fourth-order valence-corrected chi connectivity index (χ4v) is 0.871. The predicted octanol–water partition coefficient (Wildman–Crippen LogP) is 2.13. The van der Waals surface area contributed by atoms with Crippen molar-refractivity contribution in [3.05, 3.63) is 11.6 Å². The smallest absolute Gasteiger partial charge is 0.0240 e. The maximum Gasteiger partial charge on any atom is 0.0240 e. The van der Waals surface area contributed by atoms with Crippen LogP contribution in [0.5, 0.6) is 0 Å². The molecule has 62 valence electrons. The van der Waals surface area contributed by atoms with E-state index in [4.69, 9.17) is 18.0 Å². The Morgan fingerprint density at radius 2 is 2.45 bits per heavy atom. The first-order chi connectivity index (χ1) is 5.35. The van der Waals surface area contributed by atoms with E-state index < -0.39 is 0 Å². The Bertz CT molecular complexity index is 146. The third-order valence-electron chi connectivity index (χ3n) is 1.47. The summed E-state index contributed by atoms with van der Waals surface area (Å²) in [5.41, 5.74) is 1.51. The first-order valence-electron chi connectivity index (χ1n) is 3.77. The van der Waals surface area contributed by atoms with E-state index in [1.807, 2.05) is 6.08 Å². The van der Waals surface area contributed by atoms with Gasteiger partial charge in [-0.3, -0.25) is 0 Å². The van der Waals surface area contributed by atoms with Gasteiger partial charge < -0.3 is 5.32 Å². The zero-order chi connectivity index (χ0) is 8.53. The average molecular weight is 172 g/mol. The van der Waals surface area contributed by atoms with Crippen LogP contribution in [0.1, 0.15) is 19.8 Å². The number of hydrogen-bond acceptors (Lipinski definition) is 1. The maximum atomic E-state index is 5.34. The van der Waals surface area contributed by atoms with Gasteiger partial charge in [-0.05, 0) is 6.42 Å². The van der Waals surface area contributed by atoms with Gasteiger partial charge in [-0.25, -0.2) is 0 Å². The Morgan fingerprint density at radius 1 is 1.73 bits per heavy atom. The summed E-state index contributed by atoms with van der Waals surface area (Å²) in [6.07, 6.45) is 8.88. The molecule has 1 nitrogen and oxygen atoms in total. The van der Waals surface area contributed by atoms with Crippen molar-refractivity contribution in [2.45, 2.75) is 25.8 Å². The van der Waals surface area contributed by atoms with Gasteiger partial charge in [-0.15, -0.1) is 12.3 Å². The molecule has 0 aliphatic carbocycles. The van der Waals surface area contributed by atoms with Gasteiger partial charge in [0.25, 0.3) is 0 Å². The molecule has 1 unspecified atom stereocenters. The topological polar surface area (TPSA) is 12.0 Å². The van der Waals surface area contributed by atoms with Crippen LogP contribution in [0.3, 0.4) is 0 Å². The monoisotopic (exact) mass is 171 g/mol. The number of halogens is 1. The second kappa shape index (κ2) is 7.65. The molecular weight excluding hydrogens is 158 g/mol. The molecular formula is C9H14ClN. The Morgan fingerprint density at radius 3 is 2.91 bits per heavy atom. The largest absolute Gasteiger partial charge is 0.310 e. The zero-order valence-corrected chi connectivity index (χ0v) is 7.56. The molecule has 0 amide bonds. The Hall–Kier alpha value is -0.450. The maximum absolute atomic E-state index is 5.34. The second-order valence-electron chi connectivity index (χ2n) is 2.28. The molecule has 1 atom stereocenters. The molecule has 0 saturated carbocycles. The molecule has 0 fully saturated rings. The lowest BCUT2D eigenvalue weighted by Gasteiger charge is -2.11. The SMILES string of the molecule is C#CCC(CC)NC/C=C/Cl. The van der Waals surface area contributed by atoms with Crippen molar-refractivity contribution in [2.75, 3.05) is 6.54 Å². The van der Waals surface area contributed by atoms with E-state index in [2.05, 4.69) is 18.2 Å². The fourth-order valence-electron chi connectivity index (χ4n) is 0.782. The molecule has 0 spiro atoms. The van der Waals surface area contributed by atoms with Crippen molar-refractivity contribution in [2.24, 2.45) is 0 Å². The van der Waals surface area contributed by atoms with Crippen LogP contribution in [-0.4, -0.2) is 12.6 Å². The van der Waals surface area contributed by atoms with Crippen LogP contribution >= 0.6 is 11.6 Å². The van der Waals surface area contributed by atoms with Gasteiger partial charge in [0.2, 0.25) is 0 Å². The summed E-state index contributed by atoms with van der Waals surface area (Å²) in [7, 11) is 0. The summed E-state index contributed by atoms with van der Waals surface area (Å²) in [6.45, 7) is 2.91. The standard InChI is InChI=1S/C9H14ClN/c1-3-6-9(4-2)11-8-5-7-10/h1,5,7,9,11H,4,6,8H2,2H3/b7-5+. The second-order valence-corrected chi connectivity index (χ2v) is 2.54. The normalized spacial score (nSPS) is 13.2. The minimum atomic E-state index is 0.424. The van der Waals surface area contributed by atoms with Gasteiger partial charge >= 0.3 is 0 Å². The molecule has 11 heavy (non-hydrogen) atoms. The molecule has 0 aromatic heterocycles. The van der Waals surface area contributed by atoms with Crippen molar-refractivity contribution in [3.63, 3.8) is 0 Å². The Balaban J connectivity index is 3.45. The number of terminal acetylenes is 1. The van der Waals surface area contributed by atoms with Crippen LogP contribution in [-0.2, 0) is 0 Å². The molecule has 2 heteroatoms. The van der Waals surface area contributed by atoms with Crippen LogP contribution in [0.4, 0.5) is 0 Å². The van der Waals surface area contributed by atoms with Gasteiger partial charge in [0.05, 0.1) is 0 Å². The average Bonchev–Trinajstić information content (AvgIpc) is 2.03. The molecule has 0 radical (unpaired) electrons. The van der Waals surface area contributed by atoms with E-state index in [9.17, 15) is 0 Å². The molecule has 0 aromatic carbocycles. The highest BCUT2D eigenvalue weighted by molar-refractivity contribution is 6.25. The third-order valence-corrected chi connectivity index (χ3v) is 1.65. The first kappa shape index (κ1) is 10.6. The zero-order valence-electron chi connectivity index (χ0n) is 6.81. The van der Waals surface area contributed by atoms with Crippen LogP contribution in [0.15, 0.2) is 11.6 Å². The van der Waals surface area contributed by atoms with Gasteiger partial charge in [0.1, 0.15) is 0 Å². The third kappa shape index (κ3) is 5.97. The molecule has 0 aliphatic heterocycles. The van der Waals surface area contributed by atoms with E-state index in [0.717, 1.165) is 19.4 Å². The molecule has 0 heterocycles. The summed E-state index contributed by atoms with van der Waals surface area (Å²) < 4.78 is 0. The van der Waals surface area contributed by atoms with Crippen molar-refractivity contribution in [3.8, 4) is 12.3 Å². The highest BCUT2D eigenvalue weighted by atomic mass is 35.5. The van der Waals surface area contributed by atoms with Crippen LogP contribution < -0.4 is 5.32 Å². The lowest BCUT2D eigenvalue weighted by Crippen LogP contribution is -2.27. The van der Waals surface area contributed by atoms with Crippen molar-refractivity contribution in [1.29, 1.82) is 0 Å². The number of rotatable bonds is 5. The van der Waals surface area contributed by atoms with E-state index in [0.29, 0.717) is 6.04 Å². The lowest BCUT2D eigenvalue weighted by atomic mass is 10.1. The van der Waals surface area contributed by atoms with E-state index >= 15 is 0 Å². The summed E-state index contributed by atoms with van der Waals surface area (Å²) in [4.78, 5) is 0. The van der Waals surface area contributed by atoms with Gasteiger partial charge in [-0.2, -0.15) is 0 Å². The molecule has 0 rings (SSSR count). The fraction of sp³-hybridized carbons (Fsp3) is 0.556. The van der Waals surface area contributed by atoms with E-state index in [-0.39, 0.29) is 0 Å². The summed E-state index contributed by atoms with van der Waals surface area (Å²) in [5, 5.41) is 3.26. The van der Waals surface area contributed by atoms with E-state index in [1.165, 1.54) is 5.54 Å². The number of hydrogen-bond donors (Lipinski definition) is 1. The minimum absolute atomic E-state index is 0.424. The van der Waals surface area contributed by atoms with E-state index in [1.54, 1.807) is 0 Å². The van der Waals surface area contributed by atoms with Gasteiger partial charge in [0, 0.05) is 24.5 Å². The van der Waals surface area contributed by atoms with Crippen molar-refractivity contribution < 1.29 is 0 Å². The quantitative estimate of drug-likeness (QED) is 0.625. The van der Waals surface area contributed by atoms with Crippen molar-refractivity contribution in [1.82, 2.24) is 5.32 Å². The van der Waals surface area contributed by atoms with Crippen molar-refractivity contribution >= 4 is 11.6 Å². The summed E-state index contributed by atoms with van der Waals surface area (Å²) in [5.74, 6) is 2.63. The van der Waals surface area contributed by atoms with Crippen LogP contribution in [0.25, 0.3) is 0 Å². The molecule has 0 aliphatic rings. The first-order valence-corrected chi connectivity index (χ1v) is 4.20. The molecule has 0 bridgehead atoms. The minimum Gasteiger partial charge on any atom is -0.310 e. The number of nitrogens with one attached hydrogen (secondary N) is 1. The highest BCUT2D eigenvalue weighted by Crippen LogP contribution is 1.94. The van der Waals surface area contributed by atoms with Crippen LogP contribution in [0, 0.1) is 12.3 Å². The summed E-state index contributed by atoms with van der Waals surface area (Å²) in [6, 6.07) is 0.424. The van der Waals surface area contributed by atoms with Gasteiger partial charge in [-0.1, -0.05) is 24.6 Å². The predicted molar refractivity (Wildman–Crippen MR) is 50.5 cm³/mol. The lowest BCUT2D eigenvalue weighted by molar-refractivity contribution is 0.536. The molecule has 0 aromatic rings. The summed E-state index contributed by atoms with van der Waals surface area (Å²) >= 11 is 5.34. The Labute approximate surface area is 73.8 Å². The van der Waals surface area contributed by atoms with Gasteiger partial charge in [0.15, 0.2) is 0 Å².